The predicted octanol–water partition coefficient (Wildman–Crippen LogP) is 5.68. The van der Waals surface area contributed by atoms with E-state index in [4.69, 9.17) is 4.74 Å². The number of benzene rings is 2. The fraction of sp³-hybridized carbons (Fsp3) is 0.500. The summed E-state index contributed by atoms with van der Waals surface area (Å²) in [7, 11) is -4.03. The van der Waals surface area contributed by atoms with E-state index in [0.29, 0.717) is 42.3 Å². The molecular weight excluding hydrogens is 739 g/mol. The van der Waals surface area contributed by atoms with Gasteiger partial charge in [0.2, 0.25) is 21.8 Å². The number of carbonyl (C=O) groups is 3. The van der Waals surface area contributed by atoms with Crippen molar-refractivity contribution in [3.05, 3.63) is 66.0 Å². The van der Waals surface area contributed by atoms with Gasteiger partial charge in [0.05, 0.1) is 27.1 Å². The summed E-state index contributed by atoms with van der Waals surface area (Å²) in [5.41, 5.74) is -1.89. The Morgan fingerprint density at radius 2 is 1.91 bits per heavy atom. The number of nitrogens with zero attached hydrogens (tertiary/aromatic N) is 2. The maximum Gasteiger partial charge on any atom is 0.416 e. The van der Waals surface area contributed by atoms with Crippen LogP contribution in [-0.4, -0.2) is 71.0 Å². The zero-order valence-corrected chi connectivity index (χ0v) is 30.4. The van der Waals surface area contributed by atoms with Crippen LogP contribution in [0.15, 0.2) is 54.6 Å². The first-order chi connectivity index (χ1) is 25.1. The van der Waals surface area contributed by atoms with Gasteiger partial charge in [-0.25, -0.2) is 17.8 Å². The van der Waals surface area contributed by atoms with Crippen LogP contribution in [-0.2, 0) is 30.6 Å². The van der Waals surface area contributed by atoms with Gasteiger partial charge in [0.15, 0.2) is 0 Å². The average Bonchev–Trinajstić information content (AvgIpc) is 3.91. The number of carbonyl (C=O) groups excluding carboxylic acids is 3. The van der Waals surface area contributed by atoms with E-state index in [1.165, 1.54) is 35.2 Å². The minimum Gasteiger partial charge on any atom is -0.465 e. The van der Waals surface area contributed by atoms with E-state index < -0.39 is 79.7 Å². The number of fused-ring (bicyclic) bond motifs is 3. The number of allylic oxidation sites excluding steroid dienone is 1. The van der Waals surface area contributed by atoms with Crippen molar-refractivity contribution in [2.75, 3.05) is 11.9 Å². The molecule has 2 aliphatic heterocycles. The van der Waals surface area contributed by atoms with Crippen molar-refractivity contribution in [3.8, 4) is 5.19 Å². The monoisotopic (exact) mass is 777 g/mol. The van der Waals surface area contributed by atoms with Crippen molar-refractivity contribution in [2.24, 2.45) is 5.92 Å². The van der Waals surface area contributed by atoms with Gasteiger partial charge in [-0.15, -0.1) is 0 Å². The van der Waals surface area contributed by atoms with Crippen LogP contribution in [0.2, 0.25) is 0 Å². The first-order valence-electron chi connectivity index (χ1n) is 17.6. The van der Waals surface area contributed by atoms with Crippen molar-refractivity contribution in [1.82, 2.24) is 19.9 Å². The van der Waals surface area contributed by atoms with Crippen LogP contribution in [0.5, 0.6) is 5.19 Å². The lowest BCUT2D eigenvalue weighted by Crippen LogP contribution is -2.58. The van der Waals surface area contributed by atoms with E-state index in [1.54, 1.807) is 6.92 Å². The molecule has 7 rings (SSSR count). The third-order valence-corrected chi connectivity index (χ3v) is 13.7. The van der Waals surface area contributed by atoms with Gasteiger partial charge in [-0.05, 0) is 81.8 Å². The highest BCUT2D eigenvalue weighted by molar-refractivity contribution is 7.91. The highest BCUT2D eigenvalue weighted by Crippen LogP contribution is 2.47. The molecule has 1 saturated heterocycles. The maximum atomic E-state index is 14.5. The van der Waals surface area contributed by atoms with E-state index in [0.717, 1.165) is 29.9 Å². The number of rotatable bonds is 7. The summed E-state index contributed by atoms with van der Waals surface area (Å²) in [5.74, 6) is -3.05. The molecule has 0 unspecified atom stereocenters. The minimum atomic E-state index is -4.61. The van der Waals surface area contributed by atoms with Gasteiger partial charge in [0.1, 0.15) is 29.5 Å². The van der Waals surface area contributed by atoms with Crippen LogP contribution in [0, 0.1) is 11.7 Å². The molecule has 11 nitrogen and oxygen atoms in total. The summed E-state index contributed by atoms with van der Waals surface area (Å²) in [4.78, 5) is 48.2. The Hall–Kier alpha value is -4.25. The van der Waals surface area contributed by atoms with E-state index in [9.17, 15) is 40.4 Å². The van der Waals surface area contributed by atoms with Crippen LogP contribution < -0.4 is 20.1 Å². The first kappa shape index (κ1) is 37.1. The number of hydrogen-bond donors (Lipinski definition) is 3. The smallest absolute Gasteiger partial charge is 0.416 e. The molecule has 0 spiro atoms. The fourth-order valence-electron chi connectivity index (χ4n) is 7.00. The Balaban J connectivity index is 1.19. The van der Waals surface area contributed by atoms with Gasteiger partial charge in [-0.2, -0.15) is 13.2 Å². The van der Waals surface area contributed by atoms with Gasteiger partial charge in [-0.1, -0.05) is 42.4 Å². The zero-order valence-electron chi connectivity index (χ0n) is 28.7. The number of alkyl halides is 3. The molecule has 2 aromatic carbocycles. The summed E-state index contributed by atoms with van der Waals surface area (Å²) < 4.78 is 88.6. The number of thiazole rings is 1. The van der Waals surface area contributed by atoms with Crippen LogP contribution >= 0.6 is 11.3 Å². The normalized spacial score (nSPS) is 28.1. The summed E-state index contributed by atoms with van der Waals surface area (Å²) >= 11 is 1.09. The summed E-state index contributed by atoms with van der Waals surface area (Å²) in [5, 5.41) is 5.98. The molecule has 4 aliphatic rings. The molecule has 0 bridgehead atoms. The molecule has 3 aromatic rings. The van der Waals surface area contributed by atoms with Crippen LogP contribution in [0.25, 0.3) is 10.2 Å². The van der Waals surface area contributed by atoms with Crippen molar-refractivity contribution >= 4 is 55.0 Å². The van der Waals surface area contributed by atoms with Crippen LogP contribution in [0.1, 0.15) is 70.3 Å². The topological polar surface area (TPSA) is 147 Å². The highest BCUT2D eigenvalue weighted by atomic mass is 32.2. The second-order valence-corrected chi connectivity index (χ2v) is 17.8. The van der Waals surface area contributed by atoms with Crippen molar-refractivity contribution in [1.29, 1.82) is 0 Å². The zero-order chi connectivity index (χ0) is 37.8. The van der Waals surface area contributed by atoms with Crippen LogP contribution in [0.3, 0.4) is 0 Å². The molecule has 53 heavy (non-hydrogen) atoms. The number of anilines is 1. The van der Waals surface area contributed by atoms with Crippen molar-refractivity contribution in [2.45, 2.75) is 99.4 Å². The largest absolute Gasteiger partial charge is 0.465 e. The molecule has 17 heteroatoms. The lowest BCUT2D eigenvalue weighted by Gasteiger charge is -2.30. The molecule has 284 valence electrons. The first-order valence-corrected chi connectivity index (χ1v) is 19.9. The minimum absolute atomic E-state index is 0.0350. The summed E-state index contributed by atoms with van der Waals surface area (Å²) in [6.07, 6.45) is 2.08. The number of halogens is 4. The molecule has 3 amide bonds. The Bertz CT molecular complexity index is 2070. The Kier molecular flexibility index (Phi) is 9.70. The average molecular weight is 778 g/mol. The van der Waals surface area contributed by atoms with Gasteiger partial charge >= 0.3 is 6.18 Å². The van der Waals surface area contributed by atoms with E-state index >= 15 is 0 Å². The van der Waals surface area contributed by atoms with E-state index in [2.05, 4.69) is 20.3 Å². The quantitative estimate of drug-likeness (QED) is 0.205. The van der Waals surface area contributed by atoms with Gasteiger partial charge in [0.25, 0.3) is 11.1 Å². The molecular formula is C36H39F4N5O6S2. The Morgan fingerprint density at radius 3 is 2.66 bits per heavy atom. The van der Waals surface area contributed by atoms with Crippen molar-refractivity contribution in [3.63, 3.8) is 0 Å². The predicted molar refractivity (Wildman–Crippen MR) is 189 cm³/mol. The molecule has 3 heterocycles. The second kappa shape index (κ2) is 13.9. The lowest BCUT2D eigenvalue weighted by atomic mass is 10.0. The lowest BCUT2D eigenvalue weighted by molar-refractivity contribution is -0.140. The summed E-state index contributed by atoms with van der Waals surface area (Å²) in [6, 6.07) is 6.41. The molecule has 1 aromatic heterocycles. The molecule has 0 radical (unpaired) electrons. The highest BCUT2D eigenvalue weighted by Gasteiger charge is 2.63. The van der Waals surface area contributed by atoms with Crippen molar-refractivity contribution < 1.29 is 45.1 Å². The number of sulfonamides is 1. The molecule has 5 atom stereocenters. The summed E-state index contributed by atoms with van der Waals surface area (Å²) in [6.45, 7) is 1.45. The fourth-order valence-corrected chi connectivity index (χ4v) is 9.22. The number of ether oxygens (including phenoxy) is 1. The third kappa shape index (κ3) is 7.72. The van der Waals surface area contributed by atoms with E-state index in [1.807, 2.05) is 12.2 Å². The molecule has 2 aliphatic carbocycles. The third-order valence-electron chi connectivity index (χ3n) is 10.6. The standard InChI is InChI=1S/C36H39F4N5O6S2/c1-34(14-15-34)53(49,50)44-32(48)35-19-22(35)8-5-3-2-4-6-11-27(41-24-10-7-9-21(16-24)36(38,39)40)31(47)45-20-25(18-28(45)30(46)43-35)51-33-42-26-13-12-23(37)17-29(26)52-33/h5,7-10,12-13,16-17,22,25,27-28,41H,2-4,6,11,14-15,18-20H2,1H3,(H,43,46)(H,44,48)/b8-5-/t22-,25+,27-,28-,35+/m0/s1. The van der Waals surface area contributed by atoms with E-state index in [-0.39, 0.29) is 36.7 Å². The maximum absolute atomic E-state index is 14.5. The molecule has 3 fully saturated rings. The second-order valence-electron chi connectivity index (χ2n) is 14.6. The number of hydrogen-bond acceptors (Lipinski definition) is 9. The SMILES string of the molecule is CC1(S(=O)(=O)NC(=O)[C@@]23C[C@@H]2/C=C\CCCCC[C@H](Nc2cccc(C(F)(F)F)c2)C(=O)N2C[C@H](Oc4nc5ccc(F)cc5s4)C[C@H]2C(=O)N3)CC1. The van der Waals surface area contributed by atoms with Gasteiger partial charge in [-0.3, -0.25) is 19.1 Å². The molecule has 3 N–H and O–H groups in total. The van der Waals surface area contributed by atoms with Crippen LogP contribution in [0.4, 0.5) is 23.2 Å². The number of nitrogens with one attached hydrogen (secondary N) is 3. The van der Waals surface area contributed by atoms with Gasteiger partial charge in [0, 0.05) is 18.0 Å². The number of aromatic nitrogens is 1. The Labute approximate surface area is 307 Å². The van der Waals surface area contributed by atoms with Gasteiger partial charge < -0.3 is 20.3 Å². The Morgan fingerprint density at radius 1 is 1.11 bits per heavy atom. The molecule has 2 saturated carbocycles. The number of amides is 3.